The number of aliphatic hydroxyl groups excluding tert-OH is 1. The van der Waals surface area contributed by atoms with Gasteiger partial charge in [0.05, 0.1) is 23.4 Å². The summed E-state index contributed by atoms with van der Waals surface area (Å²) in [6, 6.07) is 0. The van der Waals surface area contributed by atoms with Crippen LogP contribution in [0.15, 0.2) is 11.6 Å². The van der Waals surface area contributed by atoms with Crippen molar-refractivity contribution in [1.29, 1.82) is 0 Å². The van der Waals surface area contributed by atoms with Crippen LogP contribution in [0.1, 0.15) is 120 Å². The lowest BCUT2D eigenvalue weighted by molar-refractivity contribution is -0.180. The van der Waals surface area contributed by atoms with Crippen LogP contribution in [0.3, 0.4) is 0 Å². The molecule has 0 spiro atoms. The highest BCUT2D eigenvalue weighted by Crippen LogP contribution is 2.71. The molecule has 8 atom stereocenters. The van der Waals surface area contributed by atoms with Gasteiger partial charge in [-0.2, -0.15) is 0 Å². The van der Waals surface area contributed by atoms with Gasteiger partial charge < -0.3 is 14.9 Å². The highest BCUT2D eigenvalue weighted by atomic mass is 16.6. The molecule has 3 nitrogen and oxygen atoms in total. The Hall–Kier alpha value is -0.380. The van der Waals surface area contributed by atoms with Gasteiger partial charge >= 0.3 is 0 Å². The summed E-state index contributed by atoms with van der Waals surface area (Å²) in [4.78, 5) is 0. The molecule has 4 rings (SSSR count). The van der Waals surface area contributed by atoms with E-state index in [-0.39, 0.29) is 27.9 Å². The van der Waals surface area contributed by atoms with E-state index in [1.54, 1.807) is 0 Å². The van der Waals surface area contributed by atoms with Gasteiger partial charge in [0, 0.05) is 0 Å². The van der Waals surface area contributed by atoms with Gasteiger partial charge in [-0.05, 0) is 126 Å². The zero-order valence-corrected chi connectivity index (χ0v) is 22.8. The van der Waals surface area contributed by atoms with Crippen molar-refractivity contribution >= 4 is 0 Å². The van der Waals surface area contributed by atoms with Crippen molar-refractivity contribution in [2.75, 3.05) is 0 Å². The molecule has 0 aromatic carbocycles. The van der Waals surface area contributed by atoms with E-state index in [4.69, 9.17) is 4.74 Å². The maximum Gasteiger partial charge on any atom is 0.0892 e. The minimum absolute atomic E-state index is 0.00201. The van der Waals surface area contributed by atoms with Crippen LogP contribution in [-0.4, -0.2) is 33.6 Å². The number of epoxide rings is 1. The molecule has 0 aromatic rings. The van der Waals surface area contributed by atoms with Gasteiger partial charge in [0.2, 0.25) is 0 Å². The van der Waals surface area contributed by atoms with Crippen LogP contribution in [0.2, 0.25) is 0 Å². The molecule has 0 amide bonds. The number of rotatable bonds is 7. The molecular weight excluding hydrogens is 408 g/mol. The van der Waals surface area contributed by atoms with Crippen molar-refractivity contribution in [3.05, 3.63) is 11.6 Å². The van der Waals surface area contributed by atoms with Gasteiger partial charge in [-0.25, -0.2) is 0 Å². The number of hydrogen-bond acceptors (Lipinski definition) is 3. The smallest absolute Gasteiger partial charge is 0.0892 e. The molecular formula is C30H52O3. The molecule has 190 valence electrons. The highest BCUT2D eigenvalue weighted by Gasteiger charge is 2.65. The molecule has 0 unspecified atom stereocenters. The second kappa shape index (κ2) is 8.34. The zero-order valence-electron chi connectivity index (χ0n) is 22.8. The third-order valence-electron chi connectivity index (χ3n) is 11.5. The Bertz CT molecular complexity index is 765. The summed E-state index contributed by atoms with van der Waals surface area (Å²) < 4.78 is 5.73. The molecule has 0 aromatic heterocycles. The molecule has 0 bridgehead atoms. The molecule has 1 saturated heterocycles. The maximum atomic E-state index is 11.8. The number of ether oxygens (including phenoxy) is 1. The van der Waals surface area contributed by atoms with Gasteiger partial charge in [-0.15, -0.1) is 0 Å². The molecule has 0 radical (unpaired) electrons. The second-order valence-electron chi connectivity index (χ2n) is 14.4. The standard InChI is InChI=1S/C30H52O3/c1-20(11-14-25-27(4,5)33-25)10-9-17-30(8,32)23-13-12-22-28(6)19-16-24(31)26(2,3)21(28)15-18-29(22,23)7/h10,21-25,31-32H,9,11-19H2,1-8H3/b20-10+/t21-,22+,23+,24-,25-,28-,29+,30+/m0/s1. The average Bonchev–Trinajstić information content (AvgIpc) is 3.13. The SMILES string of the molecule is C/C(=C\CC[C@@](C)(O)[C@@H]1CC[C@H]2[C@@]1(C)CC[C@H]1C(C)(C)[C@@H](O)CC[C@]21C)CC[C@@H]1OC1(C)C. The molecule has 4 fully saturated rings. The van der Waals surface area contributed by atoms with Crippen LogP contribution < -0.4 is 0 Å². The Morgan fingerprint density at radius 2 is 1.61 bits per heavy atom. The molecule has 2 N–H and O–H groups in total. The van der Waals surface area contributed by atoms with Gasteiger partial charge in [0.15, 0.2) is 0 Å². The summed E-state index contributed by atoms with van der Waals surface area (Å²) in [5.41, 5.74) is 1.40. The first-order valence-electron chi connectivity index (χ1n) is 13.9. The van der Waals surface area contributed by atoms with Crippen LogP contribution in [0.25, 0.3) is 0 Å². The van der Waals surface area contributed by atoms with Gasteiger partial charge in [0.1, 0.15) is 0 Å². The largest absolute Gasteiger partial charge is 0.393 e. The van der Waals surface area contributed by atoms with Crippen molar-refractivity contribution in [2.45, 2.75) is 143 Å². The summed E-state index contributed by atoms with van der Waals surface area (Å²) >= 11 is 0. The maximum absolute atomic E-state index is 11.8. The predicted molar refractivity (Wildman–Crippen MR) is 136 cm³/mol. The lowest BCUT2D eigenvalue weighted by Crippen LogP contribution is -2.59. The summed E-state index contributed by atoms with van der Waals surface area (Å²) in [5.74, 6) is 1.62. The highest BCUT2D eigenvalue weighted by molar-refractivity contribution is 5.15. The van der Waals surface area contributed by atoms with E-state index in [1.165, 1.54) is 24.8 Å². The van der Waals surface area contributed by atoms with Gasteiger partial charge in [-0.3, -0.25) is 0 Å². The Balaban J connectivity index is 1.40. The van der Waals surface area contributed by atoms with Crippen molar-refractivity contribution < 1.29 is 14.9 Å². The van der Waals surface area contributed by atoms with Gasteiger partial charge in [-0.1, -0.05) is 39.3 Å². The zero-order chi connectivity index (χ0) is 24.4. The van der Waals surface area contributed by atoms with Crippen LogP contribution in [-0.2, 0) is 4.74 Å². The predicted octanol–water partition coefficient (Wildman–Crippen LogP) is 7.05. The summed E-state index contributed by atoms with van der Waals surface area (Å²) in [5, 5.41) is 22.5. The Morgan fingerprint density at radius 1 is 0.970 bits per heavy atom. The molecule has 1 heterocycles. The van der Waals surface area contributed by atoms with E-state index in [0.29, 0.717) is 23.9 Å². The van der Waals surface area contributed by atoms with Crippen LogP contribution in [0.4, 0.5) is 0 Å². The van der Waals surface area contributed by atoms with E-state index in [2.05, 4.69) is 61.5 Å². The van der Waals surface area contributed by atoms with Crippen LogP contribution in [0.5, 0.6) is 0 Å². The molecule has 4 aliphatic rings. The fourth-order valence-electron chi connectivity index (χ4n) is 9.32. The fourth-order valence-corrected chi connectivity index (χ4v) is 9.32. The average molecular weight is 461 g/mol. The Morgan fingerprint density at radius 3 is 2.24 bits per heavy atom. The summed E-state index contributed by atoms with van der Waals surface area (Å²) in [7, 11) is 0. The minimum Gasteiger partial charge on any atom is -0.393 e. The first kappa shape index (κ1) is 25.7. The Labute approximate surface area is 203 Å². The second-order valence-corrected chi connectivity index (χ2v) is 14.4. The molecule has 3 aliphatic carbocycles. The van der Waals surface area contributed by atoms with E-state index in [0.717, 1.165) is 44.9 Å². The molecule has 3 saturated carbocycles. The molecule has 1 aliphatic heterocycles. The quantitative estimate of drug-likeness (QED) is 0.316. The first-order chi connectivity index (χ1) is 15.1. The number of hydrogen-bond donors (Lipinski definition) is 2. The van der Waals surface area contributed by atoms with Crippen LogP contribution >= 0.6 is 0 Å². The fraction of sp³-hybridized carbons (Fsp3) is 0.933. The normalized spacial score (nSPS) is 45.8. The lowest BCUT2D eigenvalue weighted by atomic mass is 9.42. The van der Waals surface area contributed by atoms with Crippen molar-refractivity contribution in [2.24, 2.45) is 34.0 Å². The van der Waals surface area contributed by atoms with E-state index < -0.39 is 5.60 Å². The third kappa shape index (κ3) is 4.38. The third-order valence-corrected chi connectivity index (χ3v) is 11.5. The summed E-state index contributed by atoms with van der Waals surface area (Å²) in [6.07, 6.45) is 13.5. The van der Waals surface area contributed by atoms with Crippen molar-refractivity contribution in [1.82, 2.24) is 0 Å². The topological polar surface area (TPSA) is 53.0 Å². The number of aliphatic hydroxyl groups is 2. The summed E-state index contributed by atoms with van der Waals surface area (Å²) in [6.45, 7) is 18.3. The first-order valence-corrected chi connectivity index (χ1v) is 13.9. The van der Waals surface area contributed by atoms with Crippen LogP contribution in [0, 0.1) is 34.0 Å². The number of fused-ring (bicyclic) bond motifs is 3. The molecule has 3 heteroatoms. The van der Waals surface area contributed by atoms with Crippen molar-refractivity contribution in [3.8, 4) is 0 Å². The van der Waals surface area contributed by atoms with Crippen molar-refractivity contribution in [3.63, 3.8) is 0 Å². The number of allylic oxidation sites excluding steroid dienone is 2. The monoisotopic (exact) mass is 460 g/mol. The minimum atomic E-state index is -0.616. The van der Waals surface area contributed by atoms with Gasteiger partial charge in [0.25, 0.3) is 0 Å². The van der Waals surface area contributed by atoms with E-state index in [1.807, 2.05) is 0 Å². The molecule has 33 heavy (non-hydrogen) atoms. The lowest BCUT2D eigenvalue weighted by Gasteiger charge is -2.63. The van der Waals surface area contributed by atoms with E-state index >= 15 is 0 Å². The van der Waals surface area contributed by atoms with E-state index in [9.17, 15) is 10.2 Å². The Kier molecular flexibility index (Phi) is 6.50.